The van der Waals surface area contributed by atoms with Gasteiger partial charge in [0.25, 0.3) is 5.91 Å². The molecule has 2 heterocycles. The van der Waals surface area contributed by atoms with E-state index in [0.717, 1.165) is 17.1 Å². The fraction of sp³-hybridized carbons (Fsp3) is 0.200. The van der Waals surface area contributed by atoms with Crippen LogP contribution < -0.4 is 14.8 Å². The molecule has 0 unspecified atom stereocenters. The summed E-state index contributed by atoms with van der Waals surface area (Å²) in [7, 11) is 1.93. The van der Waals surface area contributed by atoms with Crippen molar-refractivity contribution >= 4 is 23.2 Å². The molecule has 0 saturated carbocycles. The van der Waals surface area contributed by atoms with Gasteiger partial charge in [0.2, 0.25) is 0 Å². The summed E-state index contributed by atoms with van der Waals surface area (Å²) in [4.78, 5) is 17.1. The van der Waals surface area contributed by atoms with Gasteiger partial charge < -0.3 is 19.4 Å². The molecular formula is C20H18ClN3O3. The fourth-order valence-corrected chi connectivity index (χ4v) is 3.11. The summed E-state index contributed by atoms with van der Waals surface area (Å²) >= 11 is 6.35. The van der Waals surface area contributed by atoms with Crippen LogP contribution in [0.1, 0.15) is 16.1 Å². The minimum atomic E-state index is -0.240. The topological polar surface area (TPSA) is 65.4 Å². The lowest BCUT2D eigenvalue weighted by molar-refractivity contribution is 0.102. The van der Waals surface area contributed by atoms with E-state index in [1.54, 1.807) is 36.5 Å². The lowest BCUT2D eigenvalue weighted by atomic mass is 10.1. The van der Waals surface area contributed by atoms with Crippen LogP contribution in [-0.4, -0.2) is 28.7 Å². The Kier molecular flexibility index (Phi) is 4.49. The molecule has 138 valence electrons. The number of carbonyl (C=O) groups is 1. The molecule has 2 aromatic carbocycles. The molecule has 4 rings (SSSR count). The number of imidazole rings is 1. The number of anilines is 1. The van der Waals surface area contributed by atoms with Crippen molar-refractivity contribution in [3.63, 3.8) is 0 Å². The highest BCUT2D eigenvalue weighted by Crippen LogP contribution is 2.32. The molecule has 7 heteroatoms. The zero-order chi connectivity index (χ0) is 19.0. The van der Waals surface area contributed by atoms with Gasteiger partial charge in [-0.15, -0.1) is 0 Å². The van der Waals surface area contributed by atoms with Crippen LogP contribution in [0, 0.1) is 6.92 Å². The number of benzene rings is 2. The van der Waals surface area contributed by atoms with E-state index in [4.69, 9.17) is 21.1 Å². The summed E-state index contributed by atoms with van der Waals surface area (Å²) in [5.41, 5.74) is 2.90. The van der Waals surface area contributed by atoms with Crippen molar-refractivity contribution in [3.05, 3.63) is 58.9 Å². The number of fused-ring (bicyclic) bond motifs is 1. The summed E-state index contributed by atoms with van der Waals surface area (Å²) in [6, 6.07) is 10.5. The van der Waals surface area contributed by atoms with E-state index in [-0.39, 0.29) is 5.91 Å². The molecule has 1 aromatic heterocycles. The van der Waals surface area contributed by atoms with Crippen LogP contribution in [0.2, 0.25) is 5.02 Å². The summed E-state index contributed by atoms with van der Waals surface area (Å²) in [6.45, 7) is 2.96. The van der Waals surface area contributed by atoms with E-state index in [1.165, 1.54) is 0 Å². The van der Waals surface area contributed by atoms with E-state index in [0.29, 0.717) is 41.0 Å². The Balaban J connectivity index is 1.60. The Morgan fingerprint density at radius 2 is 1.93 bits per heavy atom. The van der Waals surface area contributed by atoms with Gasteiger partial charge in [-0.3, -0.25) is 4.79 Å². The van der Waals surface area contributed by atoms with Gasteiger partial charge in [0.05, 0.1) is 5.02 Å². The molecule has 0 spiro atoms. The lowest BCUT2D eigenvalue weighted by Crippen LogP contribution is -2.17. The van der Waals surface area contributed by atoms with E-state index in [2.05, 4.69) is 10.3 Å². The molecule has 0 radical (unpaired) electrons. The van der Waals surface area contributed by atoms with Crippen LogP contribution in [0.15, 0.2) is 42.6 Å². The van der Waals surface area contributed by atoms with Crippen LogP contribution >= 0.6 is 11.6 Å². The van der Waals surface area contributed by atoms with Crippen LogP contribution in [-0.2, 0) is 7.05 Å². The van der Waals surface area contributed by atoms with Crippen molar-refractivity contribution in [2.24, 2.45) is 7.05 Å². The van der Waals surface area contributed by atoms with Gasteiger partial charge >= 0.3 is 0 Å². The van der Waals surface area contributed by atoms with Crippen molar-refractivity contribution in [1.82, 2.24) is 9.55 Å². The van der Waals surface area contributed by atoms with Gasteiger partial charge in [-0.25, -0.2) is 4.98 Å². The first kappa shape index (κ1) is 17.4. The highest BCUT2D eigenvalue weighted by molar-refractivity contribution is 6.33. The summed E-state index contributed by atoms with van der Waals surface area (Å²) < 4.78 is 13.0. The number of nitrogens with one attached hydrogen (secondary N) is 1. The number of rotatable bonds is 3. The van der Waals surface area contributed by atoms with Crippen molar-refractivity contribution in [1.29, 1.82) is 0 Å². The SMILES string of the molecule is Cc1cnc(-c2cc(NC(=O)c3ccc4c(c3)OCCO4)ccc2Cl)n1C. The van der Waals surface area contributed by atoms with Gasteiger partial charge in [-0.1, -0.05) is 11.6 Å². The Morgan fingerprint density at radius 1 is 1.15 bits per heavy atom. The van der Waals surface area contributed by atoms with Crippen molar-refractivity contribution in [2.45, 2.75) is 6.92 Å². The number of carbonyl (C=O) groups excluding carboxylic acids is 1. The maximum Gasteiger partial charge on any atom is 0.255 e. The Morgan fingerprint density at radius 3 is 2.67 bits per heavy atom. The lowest BCUT2D eigenvalue weighted by Gasteiger charge is -2.18. The van der Waals surface area contributed by atoms with Crippen LogP contribution in [0.3, 0.4) is 0 Å². The average molecular weight is 384 g/mol. The smallest absolute Gasteiger partial charge is 0.255 e. The standard InChI is InChI=1S/C20H18ClN3O3/c1-12-11-22-19(24(12)2)15-10-14(4-5-16(15)21)23-20(25)13-3-6-17-18(9-13)27-8-7-26-17/h3-6,9-11H,7-8H2,1-2H3,(H,23,25). The van der Waals surface area contributed by atoms with Crippen LogP contribution in [0.5, 0.6) is 11.5 Å². The molecule has 0 saturated heterocycles. The van der Waals surface area contributed by atoms with Crippen molar-refractivity contribution in [3.8, 4) is 22.9 Å². The first-order valence-corrected chi connectivity index (χ1v) is 8.90. The molecule has 1 amide bonds. The second-order valence-electron chi connectivity index (χ2n) is 6.29. The number of nitrogens with zero attached hydrogens (tertiary/aromatic N) is 2. The summed E-state index contributed by atoms with van der Waals surface area (Å²) in [5.74, 6) is 1.73. The van der Waals surface area contributed by atoms with E-state index in [9.17, 15) is 4.79 Å². The number of aryl methyl sites for hydroxylation is 1. The molecule has 1 aliphatic rings. The normalized spacial score (nSPS) is 12.7. The number of amides is 1. The first-order chi connectivity index (χ1) is 13.0. The number of hydrogen-bond acceptors (Lipinski definition) is 4. The van der Waals surface area contributed by atoms with Gasteiger partial charge in [-0.05, 0) is 43.3 Å². The zero-order valence-electron chi connectivity index (χ0n) is 15.0. The predicted octanol–water partition coefficient (Wildman–Crippen LogP) is 4.07. The quantitative estimate of drug-likeness (QED) is 0.740. The molecular weight excluding hydrogens is 366 g/mol. The predicted molar refractivity (Wildman–Crippen MR) is 104 cm³/mol. The summed E-state index contributed by atoms with van der Waals surface area (Å²) in [5, 5.41) is 3.47. The highest BCUT2D eigenvalue weighted by atomic mass is 35.5. The monoisotopic (exact) mass is 383 g/mol. The number of hydrogen-bond donors (Lipinski definition) is 1. The molecule has 0 atom stereocenters. The molecule has 0 fully saturated rings. The Hall–Kier alpha value is -2.99. The maximum absolute atomic E-state index is 12.6. The van der Waals surface area contributed by atoms with E-state index in [1.807, 2.05) is 24.6 Å². The second-order valence-corrected chi connectivity index (χ2v) is 6.70. The molecule has 27 heavy (non-hydrogen) atoms. The van der Waals surface area contributed by atoms with Gasteiger partial charge in [-0.2, -0.15) is 0 Å². The van der Waals surface area contributed by atoms with Gasteiger partial charge in [0.15, 0.2) is 11.5 Å². The van der Waals surface area contributed by atoms with Gasteiger partial charge in [0, 0.05) is 35.8 Å². The van der Waals surface area contributed by atoms with Crippen LogP contribution in [0.25, 0.3) is 11.4 Å². The molecule has 0 bridgehead atoms. The molecule has 6 nitrogen and oxygen atoms in total. The number of aromatic nitrogens is 2. The third-order valence-corrected chi connectivity index (χ3v) is 4.82. The zero-order valence-corrected chi connectivity index (χ0v) is 15.7. The Labute approximate surface area is 161 Å². The molecule has 3 aromatic rings. The third kappa shape index (κ3) is 3.36. The van der Waals surface area contributed by atoms with E-state index < -0.39 is 0 Å². The van der Waals surface area contributed by atoms with Crippen molar-refractivity contribution < 1.29 is 14.3 Å². The molecule has 1 aliphatic heterocycles. The Bertz CT molecular complexity index is 1030. The minimum absolute atomic E-state index is 0.240. The van der Waals surface area contributed by atoms with Gasteiger partial charge in [0.1, 0.15) is 19.0 Å². The molecule has 0 aliphatic carbocycles. The first-order valence-electron chi connectivity index (χ1n) is 8.52. The highest BCUT2D eigenvalue weighted by Gasteiger charge is 2.16. The number of ether oxygens (including phenoxy) is 2. The minimum Gasteiger partial charge on any atom is -0.486 e. The maximum atomic E-state index is 12.6. The number of halogens is 1. The summed E-state index contributed by atoms with van der Waals surface area (Å²) in [6.07, 6.45) is 1.78. The largest absolute Gasteiger partial charge is 0.486 e. The molecule has 1 N–H and O–H groups in total. The van der Waals surface area contributed by atoms with Crippen LogP contribution in [0.4, 0.5) is 5.69 Å². The fourth-order valence-electron chi connectivity index (χ4n) is 2.91. The third-order valence-electron chi connectivity index (χ3n) is 4.49. The van der Waals surface area contributed by atoms with Crippen molar-refractivity contribution in [2.75, 3.05) is 18.5 Å². The second kappa shape index (κ2) is 6.96. The van der Waals surface area contributed by atoms with E-state index >= 15 is 0 Å². The average Bonchev–Trinajstić information content (AvgIpc) is 3.01.